The van der Waals surface area contributed by atoms with Gasteiger partial charge < -0.3 is 10.2 Å². The molecule has 1 N–H and O–H groups in total. The number of unbranched alkanes of at least 4 members (excludes halogenated alkanes) is 3. The van der Waals surface area contributed by atoms with Gasteiger partial charge >= 0.3 is 0 Å². The van der Waals surface area contributed by atoms with E-state index in [0.29, 0.717) is 0 Å². The first kappa shape index (κ1) is 13.9. The Hall–Kier alpha value is -0.0800. The number of nitrogens with one attached hydrogen (secondary N) is 1. The fourth-order valence-corrected chi connectivity index (χ4v) is 1.42. The highest BCUT2D eigenvalue weighted by atomic mass is 15.0. The molecule has 0 aliphatic heterocycles. The average molecular weight is 200 g/mol. The molecule has 0 unspecified atom stereocenters. The summed E-state index contributed by atoms with van der Waals surface area (Å²) in [4.78, 5) is 2.26. The summed E-state index contributed by atoms with van der Waals surface area (Å²) in [6.45, 7) is 8.10. The zero-order chi connectivity index (χ0) is 10.8. The van der Waals surface area contributed by atoms with Gasteiger partial charge in [-0.15, -0.1) is 0 Å². The maximum Gasteiger partial charge on any atom is -0.00248 e. The minimum atomic E-state index is 0.781. The lowest BCUT2D eigenvalue weighted by Crippen LogP contribution is -2.20. The molecule has 0 spiro atoms. The molecule has 0 aromatic carbocycles. The lowest BCUT2D eigenvalue weighted by molar-refractivity contribution is 0.389. The molecule has 0 aromatic heterocycles. The van der Waals surface area contributed by atoms with Gasteiger partial charge in [-0.1, -0.05) is 26.7 Å². The molecular formula is C12H28N2. The molecular weight excluding hydrogens is 172 g/mol. The Kier molecular flexibility index (Phi) is 9.42. The predicted octanol–water partition coefficient (Wildman–Crippen LogP) is 2.35. The Morgan fingerprint density at radius 3 is 2.21 bits per heavy atom. The van der Waals surface area contributed by atoms with E-state index in [1.807, 2.05) is 0 Å². The van der Waals surface area contributed by atoms with E-state index in [1.165, 1.54) is 38.8 Å². The second kappa shape index (κ2) is 9.47. The molecule has 2 nitrogen and oxygen atoms in total. The molecule has 2 heteroatoms. The summed E-state index contributed by atoms with van der Waals surface area (Å²) >= 11 is 0. The van der Waals surface area contributed by atoms with Crippen molar-refractivity contribution >= 4 is 0 Å². The van der Waals surface area contributed by atoms with E-state index in [0.717, 1.165) is 12.5 Å². The highest BCUT2D eigenvalue weighted by Gasteiger charge is 1.94. The van der Waals surface area contributed by atoms with Crippen molar-refractivity contribution in [3.05, 3.63) is 0 Å². The van der Waals surface area contributed by atoms with Gasteiger partial charge in [0.15, 0.2) is 0 Å². The van der Waals surface area contributed by atoms with Gasteiger partial charge in [-0.05, 0) is 52.5 Å². The van der Waals surface area contributed by atoms with Crippen molar-refractivity contribution in [3.63, 3.8) is 0 Å². The van der Waals surface area contributed by atoms with Gasteiger partial charge in [-0.25, -0.2) is 0 Å². The maximum atomic E-state index is 3.47. The minimum absolute atomic E-state index is 0.781. The van der Waals surface area contributed by atoms with Crippen LogP contribution < -0.4 is 5.32 Å². The first-order valence-electron chi connectivity index (χ1n) is 5.98. The van der Waals surface area contributed by atoms with Crippen LogP contribution in [0.4, 0.5) is 0 Å². The van der Waals surface area contributed by atoms with Crippen molar-refractivity contribution in [2.45, 2.75) is 39.5 Å². The molecule has 0 atom stereocenters. The van der Waals surface area contributed by atoms with E-state index in [4.69, 9.17) is 0 Å². The average Bonchev–Trinajstić information content (AvgIpc) is 2.08. The molecule has 0 saturated carbocycles. The van der Waals surface area contributed by atoms with E-state index in [1.54, 1.807) is 0 Å². The van der Waals surface area contributed by atoms with Gasteiger partial charge in [0.05, 0.1) is 0 Å². The first-order chi connectivity index (χ1) is 6.63. The fraction of sp³-hybridized carbons (Fsp3) is 1.00. The van der Waals surface area contributed by atoms with Crippen LogP contribution in [0.5, 0.6) is 0 Å². The SMILES string of the molecule is CC(C)CNCCCCCCN(C)C. The lowest BCUT2D eigenvalue weighted by atomic mass is 10.2. The van der Waals surface area contributed by atoms with Gasteiger partial charge in [-0.3, -0.25) is 0 Å². The molecule has 0 radical (unpaired) electrons. The largest absolute Gasteiger partial charge is 0.316 e. The van der Waals surface area contributed by atoms with Gasteiger partial charge in [-0.2, -0.15) is 0 Å². The standard InChI is InChI=1S/C12H28N2/c1-12(2)11-13-9-7-5-6-8-10-14(3)4/h12-13H,5-11H2,1-4H3. The number of rotatable bonds is 9. The normalized spacial score (nSPS) is 11.6. The molecule has 14 heavy (non-hydrogen) atoms. The Morgan fingerprint density at radius 1 is 1.00 bits per heavy atom. The summed E-state index contributed by atoms with van der Waals surface area (Å²) in [6.07, 6.45) is 5.43. The van der Waals surface area contributed by atoms with E-state index in [2.05, 4.69) is 38.2 Å². The van der Waals surface area contributed by atoms with Crippen LogP contribution in [0.25, 0.3) is 0 Å². The van der Waals surface area contributed by atoms with Gasteiger partial charge in [0.2, 0.25) is 0 Å². The summed E-state index contributed by atoms with van der Waals surface area (Å²) in [6, 6.07) is 0. The van der Waals surface area contributed by atoms with Crippen molar-refractivity contribution in [2.75, 3.05) is 33.7 Å². The predicted molar refractivity (Wildman–Crippen MR) is 64.7 cm³/mol. The first-order valence-corrected chi connectivity index (χ1v) is 5.98. The summed E-state index contributed by atoms with van der Waals surface area (Å²) in [5, 5.41) is 3.47. The van der Waals surface area contributed by atoms with E-state index >= 15 is 0 Å². The molecule has 0 bridgehead atoms. The quantitative estimate of drug-likeness (QED) is 0.575. The number of hydrogen-bond acceptors (Lipinski definition) is 2. The van der Waals surface area contributed by atoms with Crippen LogP contribution in [-0.4, -0.2) is 38.6 Å². The van der Waals surface area contributed by atoms with Crippen LogP contribution in [0.2, 0.25) is 0 Å². The monoisotopic (exact) mass is 200 g/mol. The third-order valence-corrected chi connectivity index (χ3v) is 2.26. The molecule has 0 aromatic rings. The Balaban J connectivity index is 2.92. The van der Waals surface area contributed by atoms with Gasteiger partial charge in [0.25, 0.3) is 0 Å². The van der Waals surface area contributed by atoms with Crippen molar-refractivity contribution < 1.29 is 0 Å². The van der Waals surface area contributed by atoms with Crippen LogP contribution in [0, 0.1) is 5.92 Å². The van der Waals surface area contributed by atoms with Crippen LogP contribution in [0.15, 0.2) is 0 Å². The highest BCUT2D eigenvalue weighted by molar-refractivity contribution is 4.52. The van der Waals surface area contributed by atoms with E-state index in [-0.39, 0.29) is 0 Å². The van der Waals surface area contributed by atoms with Crippen molar-refractivity contribution in [3.8, 4) is 0 Å². The zero-order valence-corrected chi connectivity index (χ0v) is 10.5. The molecule has 86 valence electrons. The third-order valence-electron chi connectivity index (χ3n) is 2.26. The summed E-state index contributed by atoms with van der Waals surface area (Å²) in [7, 11) is 4.29. The highest BCUT2D eigenvalue weighted by Crippen LogP contribution is 1.99. The molecule has 0 aliphatic rings. The Morgan fingerprint density at radius 2 is 1.64 bits per heavy atom. The molecule has 0 saturated heterocycles. The van der Waals surface area contributed by atoms with E-state index < -0.39 is 0 Å². The Labute approximate surface area is 90.1 Å². The van der Waals surface area contributed by atoms with Crippen LogP contribution in [-0.2, 0) is 0 Å². The number of hydrogen-bond donors (Lipinski definition) is 1. The van der Waals surface area contributed by atoms with Gasteiger partial charge in [0.1, 0.15) is 0 Å². The minimum Gasteiger partial charge on any atom is -0.316 e. The second-order valence-corrected chi connectivity index (χ2v) is 4.82. The summed E-state index contributed by atoms with van der Waals surface area (Å²) in [5.74, 6) is 0.781. The second-order valence-electron chi connectivity index (χ2n) is 4.82. The fourth-order valence-electron chi connectivity index (χ4n) is 1.42. The number of nitrogens with zero attached hydrogens (tertiary/aromatic N) is 1. The zero-order valence-electron chi connectivity index (χ0n) is 10.5. The molecule has 0 heterocycles. The van der Waals surface area contributed by atoms with Crippen LogP contribution >= 0.6 is 0 Å². The maximum absolute atomic E-state index is 3.47. The lowest BCUT2D eigenvalue weighted by Gasteiger charge is -2.09. The van der Waals surface area contributed by atoms with Gasteiger partial charge in [0, 0.05) is 0 Å². The summed E-state index contributed by atoms with van der Waals surface area (Å²) in [5.41, 5.74) is 0. The van der Waals surface area contributed by atoms with Crippen molar-refractivity contribution in [2.24, 2.45) is 5.92 Å². The topological polar surface area (TPSA) is 15.3 Å². The molecule has 0 aliphatic carbocycles. The van der Waals surface area contributed by atoms with Crippen molar-refractivity contribution in [1.82, 2.24) is 10.2 Å². The molecule has 0 rings (SSSR count). The summed E-state index contributed by atoms with van der Waals surface area (Å²) < 4.78 is 0. The van der Waals surface area contributed by atoms with Crippen LogP contribution in [0.1, 0.15) is 39.5 Å². The van der Waals surface area contributed by atoms with Crippen LogP contribution in [0.3, 0.4) is 0 Å². The molecule has 0 fully saturated rings. The Bertz CT molecular complexity index is 96.9. The smallest absolute Gasteiger partial charge is 0.00248 e. The van der Waals surface area contributed by atoms with E-state index in [9.17, 15) is 0 Å². The molecule has 0 amide bonds. The van der Waals surface area contributed by atoms with Crippen molar-refractivity contribution in [1.29, 1.82) is 0 Å². The third kappa shape index (κ3) is 11.9.